The van der Waals surface area contributed by atoms with Gasteiger partial charge in [0.1, 0.15) is 17.8 Å². The summed E-state index contributed by atoms with van der Waals surface area (Å²) in [7, 11) is 3.21. The first-order valence-electron chi connectivity index (χ1n) is 15.3. The Balaban J connectivity index is 1.22. The molecule has 0 aliphatic carbocycles. The molecule has 240 valence electrons. The molecule has 0 bridgehead atoms. The van der Waals surface area contributed by atoms with Crippen molar-refractivity contribution in [3.63, 3.8) is 0 Å². The van der Waals surface area contributed by atoms with E-state index in [1.807, 2.05) is 40.7 Å². The number of amides is 2. The average Bonchev–Trinajstić information content (AvgIpc) is 3.82. The van der Waals surface area contributed by atoms with E-state index in [2.05, 4.69) is 37.5 Å². The van der Waals surface area contributed by atoms with Crippen molar-refractivity contribution in [1.82, 2.24) is 40.5 Å². The van der Waals surface area contributed by atoms with E-state index in [9.17, 15) is 14.8 Å². The molecule has 2 aliphatic rings. The quantitative estimate of drug-likeness (QED) is 0.199. The van der Waals surface area contributed by atoms with E-state index in [1.165, 1.54) is 11.0 Å². The van der Waals surface area contributed by atoms with Gasteiger partial charge in [0.15, 0.2) is 0 Å². The van der Waals surface area contributed by atoms with Gasteiger partial charge in [-0.2, -0.15) is 0 Å². The van der Waals surface area contributed by atoms with Crippen molar-refractivity contribution < 1.29 is 24.3 Å². The predicted molar refractivity (Wildman–Crippen MR) is 167 cm³/mol. The number of methoxy groups -OCH3 is 2. The standard InChI is InChI=1S/C33H38N8O5/c1-45-27-7-3-5-24(19-27)32(10-15-39-16-12-33(13-17-39,31(43)36-44)25-6-4-14-34-21-25)11-18-40(22-32)30(42)28-20-26(8-9-29(28)46-2)41-23-35-37-38-41/h3-9,14,19-21,23,44H,10-13,15-18,22H2,1-2H3,(H,36,43). The number of piperidine rings is 1. The lowest BCUT2D eigenvalue weighted by molar-refractivity contribution is -0.137. The fourth-order valence-electron chi connectivity index (χ4n) is 6.97. The van der Waals surface area contributed by atoms with Gasteiger partial charge >= 0.3 is 0 Å². The highest BCUT2D eigenvalue weighted by Gasteiger charge is 2.45. The van der Waals surface area contributed by atoms with Gasteiger partial charge in [0.25, 0.3) is 11.8 Å². The monoisotopic (exact) mass is 626 g/mol. The lowest BCUT2D eigenvalue weighted by Gasteiger charge is -2.41. The number of hydrogen-bond acceptors (Lipinski definition) is 10. The number of benzene rings is 2. The van der Waals surface area contributed by atoms with Crippen LogP contribution < -0.4 is 15.0 Å². The van der Waals surface area contributed by atoms with Crippen LogP contribution in [0, 0.1) is 0 Å². The second-order valence-corrected chi connectivity index (χ2v) is 12.0. The zero-order valence-electron chi connectivity index (χ0n) is 26.0. The van der Waals surface area contributed by atoms with Crippen LogP contribution in [0.2, 0.25) is 0 Å². The summed E-state index contributed by atoms with van der Waals surface area (Å²) in [5.41, 5.74) is 3.78. The minimum atomic E-state index is -0.837. The van der Waals surface area contributed by atoms with Crippen LogP contribution in [0.25, 0.3) is 5.69 Å². The van der Waals surface area contributed by atoms with Gasteiger partial charge in [-0.05, 0) is 103 Å². The molecule has 0 spiro atoms. The largest absolute Gasteiger partial charge is 0.497 e. The maximum Gasteiger partial charge on any atom is 0.257 e. The van der Waals surface area contributed by atoms with Crippen LogP contribution in [-0.2, 0) is 15.6 Å². The summed E-state index contributed by atoms with van der Waals surface area (Å²) in [6, 6.07) is 17.1. The summed E-state index contributed by atoms with van der Waals surface area (Å²) in [5.74, 6) is 0.730. The fraction of sp³-hybridized carbons (Fsp3) is 0.394. The number of aromatic nitrogens is 5. The van der Waals surface area contributed by atoms with Gasteiger partial charge in [-0.1, -0.05) is 18.2 Å². The molecule has 0 radical (unpaired) electrons. The van der Waals surface area contributed by atoms with Gasteiger partial charge in [0.2, 0.25) is 0 Å². The van der Waals surface area contributed by atoms with E-state index in [1.54, 1.807) is 38.7 Å². The van der Waals surface area contributed by atoms with Gasteiger partial charge in [0.05, 0.1) is 30.9 Å². The van der Waals surface area contributed by atoms with Gasteiger partial charge < -0.3 is 19.3 Å². The molecule has 2 amide bonds. The van der Waals surface area contributed by atoms with E-state index >= 15 is 0 Å². The van der Waals surface area contributed by atoms with Crippen LogP contribution in [0.1, 0.15) is 47.2 Å². The lowest BCUT2D eigenvalue weighted by atomic mass is 9.72. The second kappa shape index (κ2) is 13.2. The Morgan fingerprint density at radius 2 is 1.80 bits per heavy atom. The van der Waals surface area contributed by atoms with Gasteiger partial charge in [0, 0.05) is 30.9 Å². The van der Waals surface area contributed by atoms with Crippen molar-refractivity contribution in [2.24, 2.45) is 0 Å². The number of carbonyl (C=O) groups excluding carboxylic acids is 2. The summed E-state index contributed by atoms with van der Waals surface area (Å²) < 4.78 is 12.7. The molecule has 2 fully saturated rings. The predicted octanol–water partition coefficient (Wildman–Crippen LogP) is 2.79. The van der Waals surface area contributed by atoms with E-state index in [0.29, 0.717) is 56.0 Å². The van der Waals surface area contributed by atoms with Crippen molar-refractivity contribution in [3.8, 4) is 17.2 Å². The van der Waals surface area contributed by atoms with Gasteiger partial charge in [-0.15, -0.1) is 5.10 Å². The van der Waals surface area contributed by atoms with Crippen LogP contribution in [0.15, 0.2) is 73.3 Å². The molecule has 4 heterocycles. The van der Waals surface area contributed by atoms with Gasteiger partial charge in [-0.25, -0.2) is 10.2 Å². The summed E-state index contributed by atoms with van der Waals surface area (Å²) >= 11 is 0. The molecule has 6 rings (SSSR count). The lowest BCUT2D eigenvalue weighted by Crippen LogP contribution is -2.51. The SMILES string of the molecule is COc1cccc(C2(CCN3CCC(C(=O)NO)(c4cccnc4)CC3)CCN(C(=O)c3cc(-n4cnnn4)ccc3OC)C2)c1. The maximum absolute atomic E-state index is 14.1. The molecular formula is C33H38N8O5. The third kappa shape index (κ3) is 5.90. The second-order valence-electron chi connectivity index (χ2n) is 12.0. The first-order chi connectivity index (χ1) is 22.4. The van der Waals surface area contributed by atoms with Gasteiger partial charge in [-0.3, -0.25) is 19.8 Å². The van der Waals surface area contributed by atoms with Crippen molar-refractivity contribution in [3.05, 3.63) is 90.0 Å². The highest BCUT2D eigenvalue weighted by molar-refractivity contribution is 5.98. The normalized spacial score (nSPS) is 19.5. The number of ether oxygens (including phenoxy) is 2. The van der Waals surface area contributed by atoms with Crippen LogP contribution in [-0.4, -0.2) is 99.0 Å². The number of nitrogens with one attached hydrogen (secondary N) is 1. The minimum Gasteiger partial charge on any atom is -0.497 e. The van der Waals surface area contributed by atoms with E-state index in [0.717, 1.165) is 36.3 Å². The van der Waals surface area contributed by atoms with Crippen molar-refractivity contribution >= 4 is 11.8 Å². The number of carbonyl (C=O) groups is 2. The summed E-state index contributed by atoms with van der Waals surface area (Å²) in [5, 5.41) is 21.0. The molecule has 1 unspecified atom stereocenters. The molecule has 2 aromatic heterocycles. The molecule has 13 nitrogen and oxygen atoms in total. The topological polar surface area (TPSA) is 148 Å². The fourth-order valence-corrected chi connectivity index (χ4v) is 6.97. The summed E-state index contributed by atoms with van der Waals surface area (Å²) in [6.45, 7) is 3.24. The number of nitrogens with zero attached hydrogens (tertiary/aromatic N) is 7. The molecule has 2 aliphatic heterocycles. The Morgan fingerprint density at radius 1 is 0.978 bits per heavy atom. The zero-order chi connectivity index (χ0) is 32.1. The van der Waals surface area contributed by atoms with E-state index < -0.39 is 11.3 Å². The number of tetrazole rings is 1. The maximum atomic E-state index is 14.1. The third-order valence-electron chi connectivity index (χ3n) is 9.72. The molecule has 1 atom stereocenters. The highest BCUT2D eigenvalue weighted by Crippen LogP contribution is 2.42. The van der Waals surface area contributed by atoms with E-state index in [4.69, 9.17) is 9.47 Å². The zero-order valence-corrected chi connectivity index (χ0v) is 26.0. The Labute approximate surface area is 267 Å². The average molecular weight is 627 g/mol. The molecule has 2 N–H and O–H groups in total. The Bertz CT molecular complexity index is 1660. The summed E-state index contributed by atoms with van der Waals surface area (Å²) in [4.78, 5) is 35.5. The van der Waals surface area contributed by atoms with Crippen LogP contribution in [0.4, 0.5) is 0 Å². The Morgan fingerprint density at radius 3 is 2.50 bits per heavy atom. The molecule has 2 aromatic carbocycles. The molecule has 46 heavy (non-hydrogen) atoms. The van der Waals surface area contributed by atoms with Crippen LogP contribution in [0.3, 0.4) is 0 Å². The minimum absolute atomic E-state index is 0.120. The Kier molecular flexibility index (Phi) is 8.95. The number of hydrogen-bond donors (Lipinski definition) is 2. The third-order valence-corrected chi connectivity index (χ3v) is 9.72. The molecule has 0 saturated carbocycles. The van der Waals surface area contributed by atoms with E-state index in [-0.39, 0.29) is 11.3 Å². The number of rotatable bonds is 10. The molecule has 13 heteroatoms. The van der Waals surface area contributed by atoms with Crippen molar-refractivity contribution in [1.29, 1.82) is 0 Å². The molecular weight excluding hydrogens is 588 g/mol. The number of hydroxylamine groups is 1. The molecule has 2 saturated heterocycles. The Hall–Kier alpha value is -4.88. The first kappa shape index (κ1) is 31.1. The summed E-state index contributed by atoms with van der Waals surface area (Å²) in [6.07, 6.45) is 7.56. The van der Waals surface area contributed by atoms with Crippen molar-refractivity contribution in [2.75, 3.05) is 46.9 Å². The smallest absolute Gasteiger partial charge is 0.257 e. The molecule has 4 aromatic rings. The van der Waals surface area contributed by atoms with Crippen molar-refractivity contribution in [2.45, 2.75) is 36.5 Å². The number of likely N-dealkylation sites (tertiary alicyclic amines) is 2. The van der Waals surface area contributed by atoms with Crippen LogP contribution in [0.5, 0.6) is 11.5 Å². The number of pyridine rings is 1. The first-order valence-corrected chi connectivity index (χ1v) is 15.3. The highest BCUT2D eigenvalue weighted by atomic mass is 16.5. The van der Waals surface area contributed by atoms with Crippen LogP contribution >= 0.6 is 0 Å².